The fourth-order valence-corrected chi connectivity index (χ4v) is 6.28. The van der Waals surface area contributed by atoms with Crippen molar-refractivity contribution in [2.45, 2.75) is 30.2 Å². The van der Waals surface area contributed by atoms with Crippen molar-refractivity contribution in [3.8, 4) is 33.3 Å². The van der Waals surface area contributed by atoms with E-state index in [4.69, 9.17) is 26.1 Å². The molecule has 0 spiro atoms. The number of nitrogens with zero attached hydrogens (tertiary/aromatic N) is 3. The zero-order chi connectivity index (χ0) is 25.3. The lowest BCUT2D eigenvalue weighted by Crippen LogP contribution is -2.11. The fraction of sp³-hybridized carbons (Fsp3) is 0.240. The van der Waals surface area contributed by atoms with Crippen LogP contribution in [0.5, 0.6) is 5.75 Å². The first kappa shape index (κ1) is 25.2. The van der Waals surface area contributed by atoms with Gasteiger partial charge in [0.05, 0.1) is 34.8 Å². The molecule has 4 rings (SSSR count). The van der Waals surface area contributed by atoms with Crippen LogP contribution in [0.15, 0.2) is 46.7 Å². The molecular weight excluding hydrogens is 509 g/mol. The summed E-state index contributed by atoms with van der Waals surface area (Å²) in [7, 11) is 2.86. The van der Waals surface area contributed by atoms with Gasteiger partial charge in [-0.15, -0.1) is 11.8 Å². The van der Waals surface area contributed by atoms with E-state index in [-0.39, 0.29) is 5.69 Å². The number of carbonyl (C=O) groups is 1. The predicted octanol–water partition coefficient (Wildman–Crippen LogP) is 7.06. The molecule has 0 atom stereocenters. The molecule has 0 fully saturated rings. The Labute approximate surface area is 216 Å². The van der Waals surface area contributed by atoms with Crippen molar-refractivity contribution in [3.63, 3.8) is 0 Å². The molecule has 0 saturated heterocycles. The van der Waals surface area contributed by atoms with Crippen molar-refractivity contribution >= 4 is 40.7 Å². The number of hydrogen-bond donors (Lipinski definition) is 0. The summed E-state index contributed by atoms with van der Waals surface area (Å²) in [6.07, 6.45) is 0. The minimum Gasteiger partial charge on any atom is -0.495 e. The van der Waals surface area contributed by atoms with E-state index in [9.17, 15) is 9.18 Å². The van der Waals surface area contributed by atoms with Crippen LogP contribution in [0.2, 0.25) is 5.02 Å². The van der Waals surface area contributed by atoms with E-state index in [1.54, 1.807) is 44.0 Å². The number of rotatable bonds is 7. The Morgan fingerprint density at radius 3 is 2.60 bits per heavy atom. The fourth-order valence-electron chi connectivity index (χ4n) is 3.61. The molecule has 0 radical (unpaired) electrons. The van der Waals surface area contributed by atoms with Crippen LogP contribution in [0.4, 0.5) is 4.39 Å². The van der Waals surface area contributed by atoms with Crippen molar-refractivity contribution in [2.24, 2.45) is 0 Å². The number of hydrogen-bond acceptors (Lipinski definition) is 7. The number of benzene rings is 2. The lowest BCUT2D eigenvalue weighted by molar-refractivity contribution is 0.0591. The Morgan fingerprint density at radius 2 is 1.94 bits per heavy atom. The molecule has 6 nitrogen and oxygen atoms in total. The number of thiazole rings is 1. The number of ether oxygens (including phenoxy) is 2. The Balaban J connectivity index is 1.93. The zero-order valence-corrected chi connectivity index (χ0v) is 22.1. The molecule has 182 valence electrons. The van der Waals surface area contributed by atoms with Crippen molar-refractivity contribution in [2.75, 3.05) is 14.2 Å². The van der Waals surface area contributed by atoms with Gasteiger partial charge in [0.25, 0.3) is 0 Å². The van der Waals surface area contributed by atoms with Crippen LogP contribution in [0.1, 0.15) is 30.0 Å². The molecule has 0 saturated carbocycles. The van der Waals surface area contributed by atoms with Gasteiger partial charge in [-0.2, -0.15) is 9.78 Å². The van der Waals surface area contributed by atoms with Crippen molar-refractivity contribution in [3.05, 3.63) is 64.7 Å². The Hall–Kier alpha value is -2.88. The van der Waals surface area contributed by atoms with Gasteiger partial charge in [-0.25, -0.2) is 14.2 Å². The summed E-state index contributed by atoms with van der Waals surface area (Å²) >= 11 is 9.30. The number of aromatic nitrogens is 3. The third-order valence-corrected chi connectivity index (χ3v) is 7.64. The van der Waals surface area contributed by atoms with Gasteiger partial charge in [-0.3, -0.25) is 0 Å². The van der Waals surface area contributed by atoms with E-state index < -0.39 is 11.8 Å². The second kappa shape index (κ2) is 10.4. The van der Waals surface area contributed by atoms with Gasteiger partial charge in [0.15, 0.2) is 5.69 Å². The van der Waals surface area contributed by atoms with Gasteiger partial charge < -0.3 is 9.47 Å². The first-order chi connectivity index (χ1) is 16.7. The Morgan fingerprint density at radius 1 is 1.17 bits per heavy atom. The van der Waals surface area contributed by atoms with E-state index in [0.29, 0.717) is 38.0 Å². The minimum atomic E-state index is -0.590. The van der Waals surface area contributed by atoms with Crippen LogP contribution in [0.25, 0.3) is 27.5 Å². The summed E-state index contributed by atoms with van der Waals surface area (Å²) in [6, 6.07) is 11.5. The Bertz CT molecular complexity index is 1400. The highest BCUT2D eigenvalue weighted by molar-refractivity contribution is 8.01. The number of esters is 1. The molecule has 4 aromatic rings. The van der Waals surface area contributed by atoms with E-state index in [1.807, 2.05) is 12.1 Å². The average Bonchev–Trinajstić information content (AvgIpc) is 3.39. The lowest BCUT2D eigenvalue weighted by atomic mass is 10.0. The van der Waals surface area contributed by atoms with E-state index in [0.717, 1.165) is 15.5 Å². The van der Waals surface area contributed by atoms with Gasteiger partial charge >= 0.3 is 5.97 Å². The third-order valence-electron chi connectivity index (χ3n) is 5.09. The van der Waals surface area contributed by atoms with Gasteiger partial charge in [0.2, 0.25) is 5.13 Å². The molecule has 0 aliphatic rings. The number of methoxy groups -OCH3 is 2. The maximum Gasteiger partial charge on any atom is 0.357 e. The number of aryl methyl sites for hydroxylation is 1. The van der Waals surface area contributed by atoms with Crippen LogP contribution >= 0.6 is 34.7 Å². The van der Waals surface area contributed by atoms with Crippen LogP contribution < -0.4 is 4.74 Å². The average molecular weight is 532 g/mol. The van der Waals surface area contributed by atoms with Crippen LogP contribution in [-0.4, -0.2) is 40.2 Å². The Kier molecular flexibility index (Phi) is 7.49. The first-order valence-corrected chi connectivity index (χ1v) is 12.8. The molecule has 0 unspecified atom stereocenters. The van der Waals surface area contributed by atoms with E-state index >= 15 is 0 Å². The third kappa shape index (κ3) is 5.07. The number of halogens is 2. The predicted molar refractivity (Wildman–Crippen MR) is 139 cm³/mol. The molecule has 2 aromatic heterocycles. The van der Waals surface area contributed by atoms with Crippen molar-refractivity contribution < 1.29 is 18.7 Å². The summed E-state index contributed by atoms with van der Waals surface area (Å²) in [4.78, 5) is 17.8. The van der Waals surface area contributed by atoms with Gasteiger partial charge in [0, 0.05) is 16.4 Å². The highest BCUT2D eigenvalue weighted by Gasteiger charge is 2.28. The molecule has 2 heterocycles. The normalized spacial score (nSPS) is 11.2. The SMILES string of the molecule is COC(=O)c1c(-c2cccc(F)c2)c(C)nn1-c1nc(-c2ccc(Cl)c(OC)c2)c(SC(C)C)s1. The zero-order valence-electron chi connectivity index (χ0n) is 19.8. The number of carbonyl (C=O) groups excluding carboxylic acids is 1. The van der Waals surface area contributed by atoms with E-state index in [2.05, 4.69) is 18.9 Å². The first-order valence-electron chi connectivity index (χ1n) is 10.7. The summed E-state index contributed by atoms with van der Waals surface area (Å²) in [5.74, 6) is -0.458. The van der Waals surface area contributed by atoms with Crippen LogP contribution in [-0.2, 0) is 4.74 Å². The monoisotopic (exact) mass is 531 g/mol. The number of thioether (sulfide) groups is 1. The van der Waals surface area contributed by atoms with Gasteiger partial charge in [-0.1, -0.05) is 55.0 Å². The summed E-state index contributed by atoms with van der Waals surface area (Å²) < 4.78 is 26.9. The second-order valence-corrected chi connectivity index (χ2v) is 11.1. The summed E-state index contributed by atoms with van der Waals surface area (Å²) in [5.41, 5.74) is 3.33. The quantitative estimate of drug-likeness (QED) is 0.188. The highest BCUT2D eigenvalue weighted by Crippen LogP contribution is 2.42. The van der Waals surface area contributed by atoms with Crippen molar-refractivity contribution in [1.29, 1.82) is 0 Å². The maximum absolute atomic E-state index is 14.0. The topological polar surface area (TPSA) is 66.2 Å². The summed E-state index contributed by atoms with van der Waals surface area (Å²) in [6.45, 7) is 5.96. The maximum atomic E-state index is 14.0. The molecule has 0 aliphatic carbocycles. The molecule has 10 heteroatoms. The molecular formula is C25H23ClFN3O3S2. The standard InChI is InChI=1S/C25H23ClFN3O3S2/c1-13(2)34-24-21(16-9-10-18(26)19(12-16)32-4)28-25(35-24)30-22(23(31)33-5)20(14(3)29-30)15-7-6-8-17(27)11-15/h6-13H,1-5H3. The highest BCUT2D eigenvalue weighted by atomic mass is 35.5. The van der Waals surface area contributed by atoms with Crippen molar-refractivity contribution in [1.82, 2.24) is 14.8 Å². The van der Waals surface area contributed by atoms with Gasteiger partial charge in [0.1, 0.15) is 11.6 Å². The summed E-state index contributed by atoms with van der Waals surface area (Å²) in [5, 5.41) is 5.90. The second-order valence-electron chi connectivity index (χ2n) is 7.87. The largest absolute Gasteiger partial charge is 0.495 e. The molecule has 0 amide bonds. The van der Waals surface area contributed by atoms with Gasteiger partial charge in [-0.05, 0) is 36.8 Å². The molecule has 35 heavy (non-hydrogen) atoms. The lowest BCUT2D eigenvalue weighted by Gasteiger charge is -2.07. The van der Waals surface area contributed by atoms with Crippen LogP contribution in [0, 0.1) is 12.7 Å². The van der Waals surface area contributed by atoms with E-state index in [1.165, 1.54) is 35.3 Å². The molecule has 2 aromatic carbocycles. The molecule has 0 bridgehead atoms. The molecule has 0 aliphatic heterocycles. The minimum absolute atomic E-state index is 0.186. The smallest absolute Gasteiger partial charge is 0.357 e. The molecule has 0 N–H and O–H groups in total. The van der Waals surface area contributed by atoms with Crippen LogP contribution in [0.3, 0.4) is 0 Å².